The first-order valence-corrected chi connectivity index (χ1v) is 7.57. The van der Waals surface area contributed by atoms with E-state index in [-0.39, 0.29) is 11.8 Å². The van der Waals surface area contributed by atoms with Gasteiger partial charge in [0, 0.05) is 19.6 Å². The van der Waals surface area contributed by atoms with Gasteiger partial charge < -0.3 is 20.0 Å². The molecule has 0 aliphatic carbocycles. The van der Waals surface area contributed by atoms with Gasteiger partial charge in [0.05, 0.1) is 6.26 Å². The van der Waals surface area contributed by atoms with E-state index < -0.39 is 6.04 Å². The summed E-state index contributed by atoms with van der Waals surface area (Å²) in [6.07, 6.45) is 4.07. The largest absolute Gasteiger partial charge is 0.459 e. The number of carbonyl (C=O) groups excluding carboxylic acids is 2. The van der Waals surface area contributed by atoms with Gasteiger partial charge >= 0.3 is 0 Å². The highest BCUT2D eigenvalue weighted by atomic mass is 16.3. The van der Waals surface area contributed by atoms with Crippen molar-refractivity contribution in [3.05, 3.63) is 24.2 Å². The third-order valence-corrected chi connectivity index (χ3v) is 3.65. The van der Waals surface area contributed by atoms with E-state index in [1.807, 2.05) is 6.92 Å². The molecule has 6 nitrogen and oxygen atoms in total. The average molecular weight is 293 g/mol. The summed E-state index contributed by atoms with van der Waals surface area (Å²) in [6.45, 7) is 4.81. The zero-order valence-electron chi connectivity index (χ0n) is 12.4. The third kappa shape index (κ3) is 4.07. The zero-order chi connectivity index (χ0) is 15.1. The molecule has 2 heterocycles. The second-order valence-electron chi connectivity index (χ2n) is 5.13. The minimum Gasteiger partial charge on any atom is -0.459 e. The molecule has 1 saturated heterocycles. The summed E-state index contributed by atoms with van der Waals surface area (Å²) in [5.41, 5.74) is 0. The Morgan fingerprint density at radius 3 is 2.95 bits per heavy atom. The number of likely N-dealkylation sites (tertiary alicyclic amines) is 1. The lowest BCUT2D eigenvalue weighted by molar-refractivity contribution is -0.126. The minimum atomic E-state index is -0.391. The van der Waals surface area contributed by atoms with E-state index in [1.54, 1.807) is 17.0 Å². The summed E-state index contributed by atoms with van der Waals surface area (Å²) >= 11 is 0. The van der Waals surface area contributed by atoms with Gasteiger partial charge in [-0.1, -0.05) is 6.92 Å². The number of carbonyl (C=O) groups is 2. The third-order valence-electron chi connectivity index (χ3n) is 3.65. The molecule has 6 heteroatoms. The Bertz CT molecular complexity index is 459. The van der Waals surface area contributed by atoms with E-state index in [1.165, 1.54) is 6.26 Å². The Hall–Kier alpha value is -1.82. The molecule has 1 unspecified atom stereocenters. The lowest BCUT2D eigenvalue weighted by Crippen LogP contribution is -2.52. The first kappa shape index (κ1) is 15.6. The van der Waals surface area contributed by atoms with Crippen LogP contribution < -0.4 is 10.6 Å². The molecule has 1 aromatic rings. The summed E-state index contributed by atoms with van der Waals surface area (Å²) in [7, 11) is 0. The SMILES string of the molecule is CCNCCNC(=O)C1CCCCN1C(=O)c1ccco1. The van der Waals surface area contributed by atoms with Gasteiger partial charge in [0.25, 0.3) is 5.91 Å². The van der Waals surface area contributed by atoms with E-state index in [0.29, 0.717) is 25.3 Å². The number of piperidine rings is 1. The molecule has 116 valence electrons. The van der Waals surface area contributed by atoms with E-state index >= 15 is 0 Å². The van der Waals surface area contributed by atoms with E-state index in [4.69, 9.17) is 4.42 Å². The fourth-order valence-corrected chi connectivity index (χ4v) is 2.56. The highest BCUT2D eigenvalue weighted by Gasteiger charge is 2.33. The molecule has 1 aliphatic heterocycles. The number of furan rings is 1. The van der Waals surface area contributed by atoms with Crippen LogP contribution in [0, 0.1) is 0 Å². The van der Waals surface area contributed by atoms with Crippen LogP contribution in [0.15, 0.2) is 22.8 Å². The summed E-state index contributed by atoms with van der Waals surface area (Å²) < 4.78 is 5.16. The topological polar surface area (TPSA) is 74.6 Å². The molecule has 0 saturated carbocycles. The fraction of sp³-hybridized carbons (Fsp3) is 0.600. The van der Waals surface area contributed by atoms with E-state index in [0.717, 1.165) is 25.9 Å². The summed E-state index contributed by atoms with van der Waals surface area (Å²) in [4.78, 5) is 26.3. The fourth-order valence-electron chi connectivity index (χ4n) is 2.56. The van der Waals surface area contributed by atoms with Crippen LogP contribution in [-0.2, 0) is 4.79 Å². The lowest BCUT2D eigenvalue weighted by atomic mass is 10.0. The molecule has 2 rings (SSSR count). The summed E-state index contributed by atoms with van der Waals surface area (Å²) in [5, 5.41) is 6.04. The van der Waals surface area contributed by atoms with Crippen molar-refractivity contribution in [2.24, 2.45) is 0 Å². The molecule has 1 aliphatic rings. The van der Waals surface area contributed by atoms with Crippen molar-refractivity contribution in [1.29, 1.82) is 0 Å². The second-order valence-corrected chi connectivity index (χ2v) is 5.13. The predicted molar refractivity (Wildman–Crippen MR) is 78.9 cm³/mol. The summed E-state index contributed by atoms with van der Waals surface area (Å²) in [6, 6.07) is 2.93. The standard InChI is InChI=1S/C15H23N3O3/c1-2-16-8-9-17-14(19)12-6-3-4-10-18(12)15(20)13-7-5-11-21-13/h5,7,11-12,16H,2-4,6,8-10H2,1H3,(H,17,19). The van der Waals surface area contributed by atoms with Crippen LogP contribution in [-0.4, -0.2) is 48.9 Å². The maximum absolute atomic E-state index is 12.4. The van der Waals surface area contributed by atoms with Gasteiger partial charge in [-0.25, -0.2) is 0 Å². The Morgan fingerprint density at radius 1 is 1.38 bits per heavy atom. The van der Waals surface area contributed by atoms with E-state index in [9.17, 15) is 9.59 Å². The Morgan fingerprint density at radius 2 is 2.24 bits per heavy atom. The normalized spacial score (nSPS) is 18.5. The molecular weight excluding hydrogens is 270 g/mol. The first-order chi connectivity index (χ1) is 10.2. The molecular formula is C15H23N3O3. The van der Waals surface area contributed by atoms with Crippen molar-refractivity contribution in [3.63, 3.8) is 0 Å². The molecule has 0 radical (unpaired) electrons. The Balaban J connectivity index is 1.95. The van der Waals surface area contributed by atoms with Crippen LogP contribution >= 0.6 is 0 Å². The number of likely N-dealkylation sites (N-methyl/N-ethyl adjacent to an activating group) is 1. The van der Waals surface area contributed by atoms with E-state index in [2.05, 4.69) is 10.6 Å². The summed E-state index contributed by atoms with van der Waals surface area (Å²) in [5.74, 6) is 0.0152. The van der Waals surface area contributed by atoms with Gasteiger partial charge in [0.2, 0.25) is 5.91 Å². The van der Waals surface area contributed by atoms with Gasteiger partial charge in [0.15, 0.2) is 5.76 Å². The van der Waals surface area contributed by atoms with Crippen LogP contribution in [0.5, 0.6) is 0 Å². The van der Waals surface area contributed by atoms with Crippen LogP contribution in [0.25, 0.3) is 0 Å². The number of hydrogen-bond donors (Lipinski definition) is 2. The Kier molecular flexibility index (Phi) is 5.80. The maximum atomic E-state index is 12.4. The molecule has 1 atom stereocenters. The van der Waals surface area contributed by atoms with Crippen molar-refractivity contribution in [3.8, 4) is 0 Å². The second kappa shape index (κ2) is 7.83. The monoisotopic (exact) mass is 293 g/mol. The van der Waals surface area contributed by atoms with Gasteiger partial charge in [-0.05, 0) is 37.9 Å². The van der Waals surface area contributed by atoms with Crippen molar-refractivity contribution in [2.75, 3.05) is 26.2 Å². The quantitative estimate of drug-likeness (QED) is 0.767. The van der Waals surface area contributed by atoms with Crippen molar-refractivity contribution in [1.82, 2.24) is 15.5 Å². The minimum absolute atomic E-state index is 0.0764. The maximum Gasteiger partial charge on any atom is 0.290 e. The van der Waals surface area contributed by atoms with Gasteiger partial charge in [-0.3, -0.25) is 9.59 Å². The van der Waals surface area contributed by atoms with Crippen LogP contribution in [0.4, 0.5) is 0 Å². The predicted octanol–water partition coefficient (Wildman–Crippen LogP) is 1.000. The van der Waals surface area contributed by atoms with Crippen LogP contribution in [0.1, 0.15) is 36.7 Å². The van der Waals surface area contributed by atoms with Gasteiger partial charge in [-0.2, -0.15) is 0 Å². The van der Waals surface area contributed by atoms with Crippen LogP contribution in [0.2, 0.25) is 0 Å². The Labute approximate surface area is 124 Å². The molecule has 21 heavy (non-hydrogen) atoms. The number of hydrogen-bond acceptors (Lipinski definition) is 4. The molecule has 0 bridgehead atoms. The smallest absolute Gasteiger partial charge is 0.290 e. The highest BCUT2D eigenvalue weighted by molar-refractivity contribution is 5.95. The number of nitrogens with one attached hydrogen (secondary N) is 2. The van der Waals surface area contributed by atoms with Gasteiger partial charge in [-0.15, -0.1) is 0 Å². The molecule has 2 N–H and O–H groups in total. The van der Waals surface area contributed by atoms with Crippen molar-refractivity contribution < 1.29 is 14.0 Å². The number of amides is 2. The lowest BCUT2D eigenvalue weighted by Gasteiger charge is -2.34. The molecule has 2 amide bonds. The van der Waals surface area contributed by atoms with Crippen molar-refractivity contribution >= 4 is 11.8 Å². The van der Waals surface area contributed by atoms with Gasteiger partial charge in [0.1, 0.15) is 6.04 Å². The van der Waals surface area contributed by atoms with Crippen molar-refractivity contribution in [2.45, 2.75) is 32.2 Å². The number of rotatable bonds is 6. The number of nitrogens with zero attached hydrogens (tertiary/aromatic N) is 1. The molecule has 1 aromatic heterocycles. The van der Waals surface area contributed by atoms with Crippen LogP contribution in [0.3, 0.4) is 0 Å². The molecule has 1 fully saturated rings. The zero-order valence-corrected chi connectivity index (χ0v) is 12.4. The average Bonchev–Trinajstić information content (AvgIpc) is 3.05. The first-order valence-electron chi connectivity index (χ1n) is 7.57. The molecule has 0 spiro atoms. The highest BCUT2D eigenvalue weighted by Crippen LogP contribution is 2.20. The molecule has 0 aromatic carbocycles.